The van der Waals surface area contributed by atoms with E-state index in [1.807, 2.05) is 19.1 Å². The van der Waals surface area contributed by atoms with Crippen molar-refractivity contribution in [3.05, 3.63) is 35.4 Å². The minimum atomic E-state index is -0.174. The normalized spacial score (nSPS) is 12.8. The van der Waals surface area contributed by atoms with Gasteiger partial charge in [0.05, 0.1) is 0 Å². The maximum Gasteiger partial charge on any atom is 0.223 e. The minimum absolute atomic E-state index is 0.0236. The van der Waals surface area contributed by atoms with Crippen LogP contribution in [-0.4, -0.2) is 11.0 Å². The van der Waals surface area contributed by atoms with Gasteiger partial charge in [0.25, 0.3) is 0 Å². The molecule has 3 nitrogen and oxygen atoms in total. The van der Waals surface area contributed by atoms with Gasteiger partial charge in [-0.15, -0.1) is 12.6 Å². The second kappa shape index (κ2) is 7.64. The van der Waals surface area contributed by atoms with E-state index in [2.05, 4.69) is 50.8 Å². The zero-order chi connectivity index (χ0) is 16.0. The summed E-state index contributed by atoms with van der Waals surface area (Å²) in [5.74, 6) is -0.195. The van der Waals surface area contributed by atoms with Crippen molar-refractivity contribution >= 4 is 23.7 Å². The molecular weight excluding hydrogens is 282 g/mol. The third-order valence-corrected chi connectivity index (χ3v) is 3.75. The van der Waals surface area contributed by atoms with Crippen molar-refractivity contribution in [1.29, 1.82) is 0 Å². The molecule has 4 heteroatoms. The summed E-state index contributed by atoms with van der Waals surface area (Å²) in [6, 6.07) is 8.29. The van der Waals surface area contributed by atoms with Gasteiger partial charge in [-0.3, -0.25) is 9.59 Å². The number of carbonyl (C=O) groups is 2. The van der Waals surface area contributed by atoms with Crippen LogP contribution in [0.5, 0.6) is 0 Å². The van der Waals surface area contributed by atoms with Crippen molar-refractivity contribution < 1.29 is 9.59 Å². The van der Waals surface area contributed by atoms with Crippen molar-refractivity contribution in [3.8, 4) is 0 Å². The number of benzene rings is 1. The Morgan fingerprint density at radius 2 is 1.76 bits per heavy atom. The molecule has 0 aromatic heterocycles. The van der Waals surface area contributed by atoms with Crippen molar-refractivity contribution in [3.63, 3.8) is 0 Å². The van der Waals surface area contributed by atoms with Gasteiger partial charge in [-0.25, -0.2) is 0 Å². The van der Waals surface area contributed by atoms with E-state index in [1.165, 1.54) is 5.56 Å². The van der Waals surface area contributed by atoms with Gasteiger partial charge < -0.3 is 5.32 Å². The maximum atomic E-state index is 11.9. The molecule has 0 unspecified atom stereocenters. The number of rotatable bonds is 6. The molecule has 0 fully saturated rings. The average molecular weight is 307 g/mol. The predicted molar refractivity (Wildman–Crippen MR) is 89.4 cm³/mol. The second-order valence-corrected chi connectivity index (χ2v) is 7.00. The molecule has 0 radical (unpaired) electrons. The first-order chi connectivity index (χ1) is 9.70. The van der Waals surface area contributed by atoms with Gasteiger partial charge in [-0.2, -0.15) is 0 Å². The topological polar surface area (TPSA) is 46.2 Å². The van der Waals surface area contributed by atoms with E-state index < -0.39 is 0 Å². The van der Waals surface area contributed by atoms with E-state index in [9.17, 15) is 9.59 Å². The number of amides is 1. The van der Waals surface area contributed by atoms with E-state index >= 15 is 0 Å². The van der Waals surface area contributed by atoms with E-state index in [0.29, 0.717) is 19.4 Å². The highest BCUT2D eigenvalue weighted by Gasteiger charge is 2.14. The standard InChI is InChI=1S/C17H25NO2S/c1-12(5-10-15(19)21)16(20)18-11-13-6-8-14(9-7-13)17(2,3)4/h6-9,12H,5,10-11H2,1-4H3,(H,18,20)(H,19,21)/t12-/m0/s1. The van der Waals surface area contributed by atoms with Gasteiger partial charge in [-0.1, -0.05) is 52.0 Å². The van der Waals surface area contributed by atoms with E-state index in [1.54, 1.807) is 0 Å². The number of thiol groups is 1. The van der Waals surface area contributed by atoms with Gasteiger partial charge in [-0.05, 0) is 23.0 Å². The highest BCUT2D eigenvalue weighted by Crippen LogP contribution is 2.22. The smallest absolute Gasteiger partial charge is 0.223 e. The van der Waals surface area contributed by atoms with Crippen LogP contribution in [0.15, 0.2) is 24.3 Å². The lowest BCUT2D eigenvalue weighted by Gasteiger charge is -2.19. The van der Waals surface area contributed by atoms with E-state index in [0.717, 1.165) is 5.56 Å². The molecule has 116 valence electrons. The molecule has 21 heavy (non-hydrogen) atoms. The van der Waals surface area contributed by atoms with Crippen LogP contribution in [0, 0.1) is 5.92 Å². The summed E-state index contributed by atoms with van der Waals surface area (Å²) in [5.41, 5.74) is 2.49. The fraction of sp³-hybridized carbons (Fsp3) is 0.529. The summed E-state index contributed by atoms with van der Waals surface area (Å²) in [7, 11) is 0. The average Bonchev–Trinajstić information content (AvgIpc) is 2.41. The first-order valence-electron chi connectivity index (χ1n) is 7.29. The van der Waals surface area contributed by atoms with Crippen molar-refractivity contribution in [2.24, 2.45) is 5.92 Å². The van der Waals surface area contributed by atoms with Crippen LogP contribution in [0.1, 0.15) is 51.7 Å². The first kappa shape index (κ1) is 17.8. The Hall–Kier alpha value is -1.29. The SMILES string of the molecule is C[C@@H](CCC(=O)S)C(=O)NCc1ccc(C(C)(C)C)cc1. The van der Waals surface area contributed by atoms with Gasteiger partial charge in [0.15, 0.2) is 5.12 Å². The molecule has 1 N–H and O–H groups in total. The lowest BCUT2D eigenvalue weighted by molar-refractivity contribution is -0.125. The number of hydrogen-bond acceptors (Lipinski definition) is 2. The molecule has 1 aromatic rings. The van der Waals surface area contributed by atoms with Crippen LogP contribution in [0.2, 0.25) is 0 Å². The molecule has 0 saturated heterocycles. The zero-order valence-electron chi connectivity index (χ0n) is 13.3. The molecule has 0 spiro atoms. The van der Waals surface area contributed by atoms with Crippen LogP contribution in [-0.2, 0) is 21.5 Å². The summed E-state index contributed by atoms with van der Waals surface area (Å²) < 4.78 is 0. The molecule has 0 bridgehead atoms. The summed E-state index contributed by atoms with van der Waals surface area (Å²) in [4.78, 5) is 22.7. The molecule has 1 aromatic carbocycles. The molecule has 0 aliphatic heterocycles. The molecule has 0 aliphatic carbocycles. The Labute approximate surface area is 132 Å². The minimum Gasteiger partial charge on any atom is -0.352 e. The van der Waals surface area contributed by atoms with Crippen molar-refractivity contribution in [1.82, 2.24) is 5.32 Å². The fourth-order valence-corrected chi connectivity index (χ4v) is 2.09. The van der Waals surface area contributed by atoms with Crippen LogP contribution < -0.4 is 5.32 Å². The zero-order valence-corrected chi connectivity index (χ0v) is 14.2. The highest BCUT2D eigenvalue weighted by atomic mass is 32.1. The Balaban J connectivity index is 2.48. The lowest BCUT2D eigenvalue weighted by Crippen LogP contribution is -2.29. The van der Waals surface area contributed by atoms with Crippen molar-refractivity contribution in [2.45, 2.75) is 52.5 Å². The third kappa shape index (κ3) is 6.34. The lowest BCUT2D eigenvalue weighted by atomic mass is 9.87. The maximum absolute atomic E-state index is 11.9. The Bertz CT molecular complexity index is 489. The molecule has 0 aliphatic rings. The summed E-state index contributed by atoms with van der Waals surface area (Å²) in [5, 5.41) is 2.73. The van der Waals surface area contributed by atoms with Crippen LogP contribution >= 0.6 is 12.6 Å². The molecular formula is C17H25NO2S. The Morgan fingerprint density at radius 3 is 2.24 bits per heavy atom. The van der Waals surface area contributed by atoms with E-state index in [-0.39, 0.29) is 22.4 Å². The Kier molecular flexibility index (Phi) is 6.46. The number of nitrogens with one attached hydrogen (secondary N) is 1. The second-order valence-electron chi connectivity index (χ2n) is 6.50. The van der Waals surface area contributed by atoms with Crippen molar-refractivity contribution in [2.75, 3.05) is 0 Å². The largest absolute Gasteiger partial charge is 0.352 e. The predicted octanol–water partition coefficient (Wildman–Crippen LogP) is 3.47. The Morgan fingerprint density at radius 1 is 1.19 bits per heavy atom. The van der Waals surface area contributed by atoms with Crippen LogP contribution in [0.25, 0.3) is 0 Å². The molecule has 1 amide bonds. The number of hydrogen-bond donors (Lipinski definition) is 2. The first-order valence-corrected chi connectivity index (χ1v) is 7.74. The van der Waals surface area contributed by atoms with Gasteiger partial charge in [0.2, 0.25) is 5.91 Å². The molecule has 0 heterocycles. The van der Waals surface area contributed by atoms with Gasteiger partial charge >= 0.3 is 0 Å². The summed E-state index contributed by atoms with van der Waals surface area (Å²) >= 11 is 3.71. The molecule has 1 rings (SSSR count). The van der Waals surface area contributed by atoms with E-state index in [4.69, 9.17) is 0 Å². The number of carbonyl (C=O) groups excluding carboxylic acids is 2. The fourth-order valence-electron chi connectivity index (χ4n) is 1.96. The van der Waals surface area contributed by atoms with Gasteiger partial charge in [0, 0.05) is 18.9 Å². The quantitative estimate of drug-likeness (QED) is 0.791. The summed E-state index contributed by atoms with van der Waals surface area (Å²) in [6.45, 7) is 8.87. The summed E-state index contributed by atoms with van der Waals surface area (Å²) in [6.07, 6.45) is 0.870. The van der Waals surface area contributed by atoms with Crippen LogP contribution in [0.4, 0.5) is 0 Å². The third-order valence-electron chi connectivity index (χ3n) is 3.53. The highest BCUT2D eigenvalue weighted by molar-refractivity contribution is 7.96. The molecule has 1 atom stereocenters. The monoisotopic (exact) mass is 307 g/mol. The molecule has 0 saturated carbocycles. The van der Waals surface area contributed by atoms with Gasteiger partial charge in [0.1, 0.15) is 0 Å². The van der Waals surface area contributed by atoms with Crippen LogP contribution in [0.3, 0.4) is 0 Å².